The molecular weight excluding hydrogens is 548 g/mol. The molecule has 2 fully saturated rings. The Labute approximate surface area is 264 Å². The third-order valence-corrected chi connectivity index (χ3v) is 11.1. The lowest BCUT2D eigenvalue weighted by molar-refractivity contribution is -0.132. The summed E-state index contributed by atoms with van der Waals surface area (Å²) >= 11 is 0. The van der Waals surface area contributed by atoms with Crippen molar-refractivity contribution in [2.24, 2.45) is 5.92 Å². The van der Waals surface area contributed by atoms with Gasteiger partial charge in [0.05, 0.1) is 6.54 Å². The Morgan fingerprint density at radius 2 is 1.75 bits per heavy atom. The van der Waals surface area contributed by atoms with Crippen molar-refractivity contribution in [3.63, 3.8) is 0 Å². The number of rotatable bonds is 15. The topological polar surface area (TPSA) is 59.1 Å². The molecule has 6 heteroatoms. The van der Waals surface area contributed by atoms with Gasteiger partial charge in [-0.15, -0.1) is 0 Å². The minimum atomic E-state index is -0.302. The van der Waals surface area contributed by atoms with Crippen LogP contribution in [0.1, 0.15) is 102 Å². The number of hydrogen-bond acceptors (Lipinski definition) is 6. The van der Waals surface area contributed by atoms with E-state index in [9.17, 15) is 9.59 Å². The van der Waals surface area contributed by atoms with Gasteiger partial charge >= 0.3 is 5.97 Å². The van der Waals surface area contributed by atoms with Crippen molar-refractivity contribution in [1.29, 1.82) is 0 Å². The molecule has 1 saturated heterocycles. The lowest BCUT2D eigenvalue weighted by Crippen LogP contribution is -2.69. The van der Waals surface area contributed by atoms with Crippen LogP contribution in [0.3, 0.4) is 0 Å². The van der Waals surface area contributed by atoms with Crippen LogP contribution in [0.25, 0.3) is 0 Å². The molecule has 0 amide bonds. The second-order valence-electron chi connectivity index (χ2n) is 13.9. The van der Waals surface area contributed by atoms with E-state index in [0.29, 0.717) is 30.3 Å². The maximum absolute atomic E-state index is 12.3. The molecule has 44 heavy (non-hydrogen) atoms. The second kappa shape index (κ2) is 13.7. The summed E-state index contributed by atoms with van der Waals surface area (Å²) in [6, 6.07) is 15.7. The van der Waals surface area contributed by atoms with Crippen molar-refractivity contribution < 1.29 is 19.1 Å². The number of hydrogen-bond donors (Lipinski definition) is 0. The number of nitrogens with zero attached hydrogens (tertiary/aromatic N) is 2. The summed E-state index contributed by atoms with van der Waals surface area (Å²) in [6.45, 7) is 9.16. The van der Waals surface area contributed by atoms with Gasteiger partial charge in [0.2, 0.25) is 0 Å². The highest BCUT2D eigenvalue weighted by Crippen LogP contribution is 2.64. The van der Waals surface area contributed by atoms with Gasteiger partial charge in [0.15, 0.2) is 11.5 Å². The molecule has 0 aromatic heterocycles. The predicted molar refractivity (Wildman–Crippen MR) is 174 cm³/mol. The number of ether oxygens (including phenoxy) is 2. The number of esters is 1. The summed E-state index contributed by atoms with van der Waals surface area (Å²) in [6.07, 6.45) is 14.1. The van der Waals surface area contributed by atoms with E-state index >= 15 is 0 Å². The molecule has 0 N–H and O–H groups in total. The summed E-state index contributed by atoms with van der Waals surface area (Å²) in [4.78, 5) is 29.6. The van der Waals surface area contributed by atoms with E-state index in [1.54, 1.807) is 6.92 Å². The SMILES string of the molecule is CCCCCN(CCCCCCc1ccccc1)[C@H]1CC[C@H]2[C@H]3Cc4ccc(OC(C)=O)c5c4[C@@]2(CCN3CC(C)=O)[C@H]1O5. The fourth-order valence-corrected chi connectivity index (χ4v) is 9.33. The highest BCUT2D eigenvalue weighted by atomic mass is 16.6. The Hall–Kier alpha value is -2.70. The monoisotopic (exact) mass is 600 g/mol. The third kappa shape index (κ3) is 6.09. The number of piperidine rings is 1. The number of ketones is 1. The molecule has 0 radical (unpaired) electrons. The Morgan fingerprint density at radius 3 is 2.50 bits per heavy atom. The van der Waals surface area contributed by atoms with Crippen molar-refractivity contribution in [3.8, 4) is 11.5 Å². The zero-order chi connectivity index (χ0) is 30.7. The number of unbranched alkanes of at least 4 members (excludes halogenated alkanes) is 5. The first-order valence-electron chi connectivity index (χ1n) is 17.4. The van der Waals surface area contributed by atoms with Gasteiger partial charge in [0, 0.05) is 30.0 Å². The van der Waals surface area contributed by atoms with Gasteiger partial charge in [0.1, 0.15) is 11.9 Å². The fourth-order valence-electron chi connectivity index (χ4n) is 9.33. The minimum absolute atomic E-state index is 0.0497. The fraction of sp³-hybridized carbons (Fsp3) is 0.632. The molecule has 6 nitrogen and oxygen atoms in total. The van der Waals surface area contributed by atoms with Crippen molar-refractivity contribution in [3.05, 3.63) is 59.2 Å². The summed E-state index contributed by atoms with van der Waals surface area (Å²) < 4.78 is 12.9. The summed E-state index contributed by atoms with van der Waals surface area (Å²) in [5.74, 6) is 1.80. The highest BCUT2D eigenvalue weighted by Gasteiger charge is 2.66. The van der Waals surface area contributed by atoms with Gasteiger partial charge in [-0.1, -0.05) is 69.0 Å². The number of aryl methyl sites for hydroxylation is 1. The van der Waals surface area contributed by atoms with Gasteiger partial charge in [-0.05, 0) is 101 Å². The normalized spacial score (nSPS) is 26.7. The molecule has 2 aliphatic carbocycles. The molecule has 2 bridgehead atoms. The molecule has 2 aromatic rings. The Bertz CT molecular complexity index is 1310. The lowest BCUT2D eigenvalue weighted by Gasteiger charge is -2.60. The first-order valence-corrected chi connectivity index (χ1v) is 17.4. The first kappa shape index (κ1) is 31.3. The summed E-state index contributed by atoms with van der Waals surface area (Å²) in [5.41, 5.74) is 4.00. The zero-order valence-electron chi connectivity index (χ0n) is 27.2. The van der Waals surface area contributed by atoms with E-state index in [0.717, 1.165) is 57.5 Å². The summed E-state index contributed by atoms with van der Waals surface area (Å²) in [5, 5.41) is 0. The largest absolute Gasteiger partial charge is 0.484 e. The van der Waals surface area contributed by atoms with E-state index < -0.39 is 0 Å². The van der Waals surface area contributed by atoms with Gasteiger partial charge in [-0.2, -0.15) is 0 Å². The maximum Gasteiger partial charge on any atom is 0.308 e. The molecular formula is C38H52N2O4. The van der Waals surface area contributed by atoms with Crippen LogP contribution in [-0.4, -0.2) is 65.9 Å². The molecule has 1 spiro atoms. The molecule has 6 rings (SSSR count). The van der Waals surface area contributed by atoms with E-state index in [4.69, 9.17) is 9.47 Å². The smallest absolute Gasteiger partial charge is 0.308 e. The van der Waals surface area contributed by atoms with Crippen LogP contribution < -0.4 is 9.47 Å². The van der Waals surface area contributed by atoms with E-state index in [1.807, 2.05) is 6.07 Å². The Balaban J connectivity index is 1.24. The zero-order valence-corrected chi connectivity index (χ0v) is 27.2. The van der Waals surface area contributed by atoms with Gasteiger partial charge < -0.3 is 9.47 Å². The number of benzene rings is 2. The number of Topliss-reactive ketones (excluding diaryl/α,β-unsaturated/α-hetero) is 1. The molecule has 2 heterocycles. The van der Waals surface area contributed by atoms with Gasteiger partial charge in [-0.25, -0.2) is 0 Å². The highest BCUT2D eigenvalue weighted by molar-refractivity contribution is 5.78. The van der Waals surface area contributed by atoms with Crippen molar-refractivity contribution in [2.75, 3.05) is 26.2 Å². The van der Waals surface area contributed by atoms with Crippen LogP contribution in [-0.2, 0) is 27.8 Å². The van der Waals surface area contributed by atoms with Gasteiger partial charge in [-0.3, -0.25) is 19.4 Å². The molecule has 2 aromatic carbocycles. The minimum Gasteiger partial charge on any atom is -0.484 e. The standard InChI is InChI=1S/C38H52N2O4/c1-4-5-12-22-39(23-13-7-6-9-14-29-15-10-8-11-16-29)32-19-18-31-33-25-30-17-20-34(43-28(3)42)36-35(30)38(31,37(32)44-36)21-24-40(33)26-27(2)41/h8,10-11,15-17,20,31-33,37H,4-7,9,12-14,18-19,21-26H2,1-3H3/t31-,32-,33+,37-,38-/m0/s1. The first-order chi connectivity index (χ1) is 21.4. The third-order valence-electron chi connectivity index (χ3n) is 11.1. The van der Waals surface area contributed by atoms with Crippen LogP contribution in [0.5, 0.6) is 11.5 Å². The Kier molecular flexibility index (Phi) is 9.77. The van der Waals surface area contributed by atoms with Gasteiger partial charge in [0.25, 0.3) is 0 Å². The van der Waals surface area contributed by atoms with Crippen LogP contribution in [0.4, 0.5) is 0 Å². The molecule has 5 atom stereocenters. The van der Waals surface area contributed by atoms with Crippen molar-refractivity contribution in [2.45, 2.75) is 121 Å². The Morgan fingerprint density at radius 1 is 0.977 bits per heavy atom. The number of carbonyl (C=O) groups is 2. The molecule has 238 valence electrons. The quantitative estimate of drug-likeness (QED) is 0.126. The maximum atomic E-state index is 12.3. The van der Waals surface area contributed by atoms with E-state index in [2.05, 4.69) is 53.1 Å². The van der Waals surface area contributed by atoms with E-state index in [-0.39, 0.29) is 23.3 Å². The van der Waals surface area contributed by atoms with Crippen LogP contribution in [0.2, 0.25) is 0 Å². The van der Waals surface area contributed by atoms with E-state index in [1.165, 1.54) is 68.6 Å². The summed E-state index contributed by atoms with van der Waals surface area (Å²) in [7, 11) is 0. The molecule has 0 unspecified atom stereocenters. The molecule has 2 aliphatic heterocycles. The van der Waals surface area contributed by atoms with Crippen LogP contribution in [0, 0.1) is 5.92 Å². The van der Waals surface area contributed by atoms with Crippen LogP contribution >= 0.6 is 0 Å². The number of carbonyl (C=O) groups excluding carboxylic acids is 2. The average Bonchev–Trinajstić information content (AvgIpc) is 3.36. The lowest BCUT2D eigenvalue weighted by atomic mass is 9.51. The number of likely N-dealkylation sites (tertiary alicyclic amines) is 1. The van der Waals surface area contributed by atoms with Crippen LogP contribution in [0.15, 0.2) is 42.5 Å². The average molecular weight is 601 g/mol. The van der Waals surface area contributed by atoms with Crippen molar-refractivity contribution >= 4 is 11.8 Å². The molecule has 1 saturated carbocycles. The second-order valence-corrected chi connectivity index (χ2v) is 13.9. The van der Waals surface area contributed by atoms with Crippen molar-refractivity contribution in [1.82, 2.24) is 9.80 Å². The molecule has 4 aliphatic rings. The predicted octanol–water partition coefficient (Wildman–Crippen LogP) is 6.90.